The van der Waals surface area contributed by atoms with E-state index in [2.05, 4.69) is 14.9 Å². The fourth-order valence-corrected chi connectivity index (χ4v) is 4.12. The van der Waals surface area contributed by atoms with Crippen LogP contribution in [0.25, 0.3) is 0 Å². The van der Waals surface area contributed by atoms with Crippen molar-refractivity contribution in [2.75, 3.05) is 13.1 Å². The van der Waals surface area contributed by atoms with Gasteiger partial charge in [0.25, 0.3) is 5.56 Å². The van der Waals surface area contributed by atoms with Crippen LogP contribution in [0.4, 0.5) is 0 Å². The molecule has 2 atom stereocenters. The number of hydrogen-bond acceptors (Lipinski definition) is 4. The molecule has 1 aromatic heterocycles. The first-order valence-electron chi connectivity index (χ1n) is 8.20. The smallest absolute Gasteiger partial charge is 0.254 e. The number of H-pyrrole nitrogens is 1. The van der Waals surface area contributed by atoms with Crippen LogP contribution in [0, 0.1) is 12.8 Å². The lowest BCUT2D eigenvalue weighted by Gasteiger charge is -2.25. The molecule has 5 nitrogen and oxygen atoms in total. The third-order valence-electron chi connectivity index (χ3n) is 5.12. The second kappa shape index (κ2) is 5.49. The summed E-state index contributed by atoms with van der Waals surface area (Å²) in [5, 5.41) is 9.62. The number of aryl methyl sites for hydroxylation is 1. The van der Waals surface area contributed by atoms with E-state index in [1.54, 1.807) is 6.07 Å². The van der Waals surface area contributed by atoms with Gasteiger partial charge in [-0.15, -0.1) is 0 Å². The van der Waals surface area contributed by atoms with E-state index in [1.165, 1.54) is 0 Å². The number of nitrogens with zero attached hydrogens (tertiary/aromatic N) is 2. The number of aromatic amines is 1. The van der Waals surface area contributed by atoms with E-state index in [0.717, 1.165) is 49.3 Å². The van der Waals surface area contributed by atoms with Gasteiger partial charge >= 0.3 is 0 Å². The van der Waals surface area contributed by atoms with Crippen molar-refractivity contribution in [1.82, 2.24) is 14.9 Å². The van der Waals surface area contributed by atoms with Gasteiger partial charge in [0.1, 0.15) is 11.6 Å². The van der Waals surface area contributed by atoms with Crippen molar-refractivity contribution in [1.29, 1.82) is 0 Å². The van der Waals surface area contributed by atoms with Crippen molar-refractivity contribution in [2.45, 2.75) is 32.2 Å². The number of fused-ring (bicyclic) bond motifs is 3. The first-order chi connectivity index (χ1) is 11.1. The number of hydrogen-bond donors (Lipinski definition) is 2. The minimum absolute atomic E-state index is 0.0392. The molecule has 1 aliphatic heterocycles. The van der Waals surface area contributed by atoms with E-state index in [1.807, 2.05) is 25.1 Å². The molecular formula is C18H21N3O2. The maximum atomic E-state index is 12.1. The lowest BCUT2D eigenvalue weighted by atomic mass is 9.80. The first kappa shape index (κ1) is 14.5. The van der Waals surface area contributed by atoms with Crippen molar-refractivity contribution in [3.05, 3.63) is 57.3 Å². The molecule has 1 saturated heterocycles. The summed E-state index contributed by atoms with van der Waals surface area (Å²) in [7, 11) is 0. The van der Waals surface area contributed by atoms with Crippen LogP contribution < -0.4 is 5.56 Å². The molecule has 2 aliphatic rings. The van der Waals surface area contributed by atoms with Crippen LogP contribution in [-0.4, -0.2) is 33.1 Å². The molecule has 1 fully saturated rings. The highest BCUT2D eigenvalue weighted by Gasteiger charge is 2.39. The number of aromatic nitrogens is 2. The van der Waals surface area contributed by atoms with Crippen LogP contribution in [0.5, 0.6) is 5.75 Å². The third-order valence-corrected chi connectivity index (χ3v) is 5.12. The maximum Gasteiger partial charge on any atom is 0.254 e. The van der Waals surface area contributed by atoms with E-state index >= 15 is 0 Å². The molecule has 23 heavy (non-hydrogen) atoms. The van der Waals surface area contributed by atoms with E-state index < -0.39 is 0 Å². The molecule has 0 unspecified atom stereocenters. The summed E-state index contributed by atoms with van der Waals surface area (Å²) in [6.07, 6.45) is 1.89. The molecule has 0 saturated carbocycles. The molecule has 0 radical (unpaired) electrons. The van der Waals surface area contributed by atoms with Crippen molar-refractivity contribution < 1.29 is 5.11 Å². The zero-order chi connectivity index (χ0) is 16.0. The van der Waals surface area contributed by atoms with Gasteiger partial charge in [-0.25, -0.2) is 4.98 Å². The monoisotopic (exact) mass is 311 g/mol. The number of nitrogens with one attached hydrogen (secondary N) is 1. The second-order valence-electron chi connectivity index (χ2n) is 6.78. The molecule has 4 rings (SSSR count). The quantitative estimate of drug-likeness (QED) is 0.889. The minimum atomic E-state index is 0.0392. The average molecular weight is 311 g/mol. The average Bonchev–Trinajstić information content (AvgIpc) is 2.90. The zero-order valence-corrected chi connectivity index (χ0v) is 13.2. The Morgan fingerprint density at radius 3 is 3.09 bits per heavy atom. The Bertz CT molecular complexity index is 799. The highest BCUT2D eigenvalue weighted by molar-refractivity contribution is 5.29. The zero-order valence-electron chi connectivity index (χ0n) is 13.2. The summed E-state index contributed by atoms with van der Waals surface area (Å²) in [5.41, 5.74) is 3.06. The number of phenols is 1. The molecule has 0 amide bonds. The Kier molecular flexibility index (Phi) is 3.45. The summed E-state index contributed by atoms with van der Waals surface area (Å²) < 4.78 is 0. The second-order valence-corrected chi connectivity index (χ2v) is 6.78. The normalized spacial score (nSPS) is 23.5. The predicted molar refractivity (Wildman–Crippen MR) is 87.5 cm³/mol. The van der Waals surface area contributed by atoms with Crippen molar-refractivity contribution in [3.63, 3.8) is 0 Å². The largest absolute Gasteiger partial charge is 0.508 e. The minimum Gasteiger partial charge on any atom is -0.508 e. The lowest BCUT2D eigenvalue weighted by Crippen LogP contribution is -2.28. The van der Waals surface area contributed by atoms with Gasteiger partial charge in [0.15, 0.2) is 0 Å². The SMILES string of the molecule is Cc1nc2c(c(=O)[nH]1)CC[C@@H]1CN(Cc3cccc(O)c3)C[C@H]21. The van der Waals surface area contributed by atoms with Crippen LogP contribution in [0.2, 0.25) is 0 Å². The fraction of sp³-hybridized carbons (Fsp3) is 0.444. The molecule has 5 heteroatoms. The molecule has 120 valence electrons. The van der Waals surface area contributed by atoms with E-state index in [4.69, 9.17) is 0 Å². The topological polar surface area (TPSA) is 69.2 Å². The van der Waals surface area contributed by atoms with Gasteiger partial charge in [0.05, 0.1) is 5.69 Å². The van der Waals surface area contributed by atoms with E-state index in [9.17, 15) is 9.90 Å². The molecule has 0 bridgehead atoms. The summed E-state index contributed by atoms with van der Waals surface area (Å²) in [5.74, 6) is 1.96. The van der Waals surface area contributed by atoms with E-state index in [-0.39, 0.29) is 5.56 Å². The highest BCUT2D eigenvalue weighted by atomic mass is 16.3. The van der Waals surface area contributed by atoms with Gasteiger partial charge in [0, 0.05) is 31.1 Å². The summed E-state index contributed by atoms with van der Waals surface area (Å²) in [4.78, 5) is 22.0. The summed E-state index contributed by atoms with van der Waals surface area (Å²) in [6.45, 7) is 4.65. The van der Waals surface area contributed by atoms with Gasteiger partial charge in [0.2, 0.25) is 0 Å². The van der Waals surface area contributed by atoms with Gasteiger partial charge in [-0.3, -0.25) is 9.69 Å². The molecule has 0 spiro atoms. The first-order valence-corrected chi connectivity index (χ1v) is 8.20. The number of phenolic OH excluding ortho intramolecular Hbond substituents is 1. The van der Waals surface area contributed by atoms with Crippen LogP contribution in [0.3, 0.4) is 0 Å². The number of aromatic hydroxyl groups is 1. The molecule has 1 aliphatic carbocycles. The van der Waals surface area contributed by atoms with E-state index in [0.29, 0.717) is 23.4 Å². The van der Waals surface area contributed by atoms with Crippen LogP contribution in [0.15, 0.2) is 29.1 Å². The van der Waals surface area contributed by atoms with Crippen molar-refractivity contribution in [2.24, 2.45) is 5.92 Å². The number of likely N-dealkylation sites (tertiary alicyclic amines) is 1. The number of rotatable bonds is 2. The van der Waals surface area contributed by atoms with Gasteiger partial charge in [-0.05, 0) is 43.4 Å². The fourth-order valence-electron chi connectivity index (χ4n) is 4.12. The van der Waals surface area contributed by atoms with Crippen molar-refractivity contribution >= 4 is 0 Å². The molecule has 2 aromatic rings. The molecular weight excluding hydrogens is 290 g/mol. The molecule has 1 aromatic carbocycles. The summed E-state index contributed by atoms with van der Waals surface area (Å²) in [6, 6.07) is 7.45. The lowest BCUT2D eigenvalue weighted by molar-refractivity contribution is 0.313. The van der Waals surface area contributed by atoms with Gasteiger partial charge < -0.3 is 10.1 Å². The van der Waals surface area contributed by atoms with Crippen LogP contribution in [0.1, 0.15) is 35.0 Å². The van der Waals surface area contributed by atoms with Crippen LogP contribution >= 0.6 is 0 Å². The Morgan fingerprint density at radius 1 is 1.39 bits per heavy atom. The Balaban J connectivity index is 1.58. The molecule has 2 heterocycles. The highest BCUT2D eigenvalue weighted by Crippen LogP contribution is 2.39. The number of benzene rings is 1. The Hall–Kier alpha value is -2.14. The van der Waals surface area contributed by atoms with Gasteiger partial charge in [-0.1, -0.05) is 12.1 Å². The van der Waals surface area contributed by atoms with Gasteiger partial charge in [-0.2, -0.15) is 0 Å². The molecule has 2 N–H and O–H groups in total. The van der Waals surface area contributed by atoms with Crippen LogP contribution in [-0.2, 0) is 13.0 Å². The Morgan fingerprint density at radius 2 is 2.26 bits per heavy atom. The summed E-state index contributed by atoms with van der Waals surface area (Å²) >= 11 is 0. The predicted octanol–water partition coefficient (Wildman–Crippen LogP) is 1.95. The Labute approximate surface area is 135 Å². The standard InChI is InChI=1S/C18H21N3O2/c1-11-19-17-15(18(23)20-11)6-5-13-9-21(10-16(13)17)8-12-3-2-4-14(22)7-12/h2-4,7,13,16,22H,5-6,8-10H2,1H3,(H,19,20,23)/t13-,16+/m1/s1. The maximum absolute atomic E-state index is 12.1. The van der Waals surface area contributed by atoms with Crippen molar-refractivity contribution in [3.8, 4) is 5.75 Å². The third kappa shape index (κ3) is 2.65.